The van der Waals surface area contributed by atoms with Gasteiger partial charge in [-0.15, -0.1) is 0 Å². The molecule has 2 rings (SSSR count). The fourth-order valence-corrected chi connectivity index (χ4v) is 2.21. The highest BCUT2D eigenvalue weighted by Crippen LogP contribution is 2.13. The zero-order valence-corrected chi connectivity index (χ0v) is 14.7. The summed E-state index contributed by atoms with van der Waals surface area (Å²) >= 11 is 0. The lowest BCUT2D eigenvalue weighted by atomic mass is 10.1. The molecule has 0 fully saturated rings. The fourth-order valence-electron chi connectivity index (χ4n) is 2.21. The van der Waals surface area contributed by atoms with Crippen molar-refractivity contribution in [1.29, 1.82) is 0 Å². The highest BCUT2D eigenvalue weighted by atomic mass is 16.5. The Morgan fingerprint density at radius 1 is 1.12 bits per heavy atom. The molecule has 0 atom stereocenters. The van der Waals surface area contributed by atoms with E-state index in [-0.39, 0.29) is 0 Å². The maximum Gasteiger partial charge on any atom is 0.218 e. The van der Waals surface area contributed by atoms with Crippen molar-refractivity contribution in [2.75, 3.05) is 13.2 Å². The second-order valence-corrected chi connectivity index (χ2v) is 5.44. The normalized spacial score (nSPS) is 11.2. The van der Waals surface area contributed by atoms with Gasteiger partial charge >= 0.3 is 0 Å². The van der Waals surface area contributed by atoms with Gasteiger partial charge in [-0.1, -0.05) is 35.9 Å². The molecule has 2 aromatic rings. The fraction of sp³-hybridized carbons (Fsp3) is 0.368. The highest BCUT2D eigenvalue weighted by molar-refractivity contribution is 5.79. The van der Waals surface area contributed by atoms with E-state index in [0.717, 1.165) is 18.1 Å². The molecule has 0 aliphatic rings. The summed E-state index contributed by atoms with van der Waals surface area (Å²) < 4.78 is 5.56. The van der Waals surface area contributed by atoms with Crippen LogP contribution in [0.25, 0.3) is 0 Å². The Labute approximate surface area is 144 Å². The Morgan fingerprint density at radius 3 is 2.62 bits per heavy atom. The molecule has 5 heteroatoms. The molecule has 0 unspecified atom stereocenters. The van der Waals surface area contributed by atoms with Gasteiger partial charge < -0.3 is 15.4 Å². The number of benzene rings is 1. The quantitative estimate of drug-likeness (QED) is 0.606. The average Bonchev–Trinajstić information content (AvgIpc) is 2.60. The van der Waals surface area contributed by atoms with Crippen LogP contribution in [0.4, 0.5) is 0 Å². The zero-order chi connectivity index (χ0) is 17.2. The van der Waals surface area contributed by atoms with Gasteiger partial charge in [-0.25, -0.2) is 9.98 Å². The molecule has 0 spiro atoms. The third-order valence-electron chi connectivity index (χ3n) is 3.46. The summed E-state index contributed by atoms with van der Waals surface area (Å²) in [5.41, 5.74) is 3.46. The highest BCUT2D eigenvalue weighted by Gasteiger charge is 2.05. The van der Waals surface area contributed by atoms with Gasteiger partial charge in [-0.3, -0.25) is 0 Å². The van der Waals surface area contributed by atoms with Crippen LogP contribution in [-0.2, 0) is 13.1 Å². The summed E-state index contributed by atoms with van der Waals surface area (Å²) in [5.74, 6) is 1.45. The molecule has 0 saturated heterocycles. The van der Waals surface area contributed by atoms with E-state index in [1.807, 2.05) is 19.1 Å². The van der Waals surface area contributed by atoms with Crippen LogP contribution in [0, 0.1) is 6.92 Å². The topological polar surface area (TPSA) is 58.5 Å². The molecule has 1 aromatic carbocycles. The molecule has 2 N–H and O–H groups in total. The van der Waals surface area contributed by atoms with Crippen LogP contribution >= 0.6 is 0 Å². The molecule has 0 aliphatic carbocycles. The van der Waals surface area contributed by atoms with Crippen molar-refractivity contribution in [3.63, 3.8) is 0 Å². The van der Waals surface area contributed by atoms with E-state index in [1.54, 1.807) is 6.20 Å². The third kappa shape index (κ3) is 5.57. The monoisotopic (exact) mass is 326 g/mol. The van der Waals surface area contributed by atoms with Crippen LogP contribution in [0.1, 0.15) is 30.5 Å². The lowest BCUT2D eigenvalue weighted by molar-refractivity contribution is 0.322. The van der Waals surface area contributed by atoms with Crippen LogP contribution in [0.2, 0.25) is 0 Å². The molecule has 24 heavy (non-hydrogen) atoms. The Kier molecular flexibility index (Phi) is 7.08. The SMILES string of the molecule is CCNC(=NCc1ccc(C)cc1)NCc1cccnc1OCC. The lowest BCUT2D eigenvalue weighted by Crippen LogP contribution is -2.36. The van der Waals surface area contributed by atoms with E-state index in [2.05, 4.69) is 58.7 Å². The predicted molar refractivity (Wildman–Crippen MR) is 98.2 cm³/mol. The maximum atomic E-state index is 5.56. The Hall–Kier alpha value is -2.56. The van der Waals surface area contributed by atoms with Gasteiger partial charge in [0.2, 0.25) is 5.88 Å². The molecule has 0 bridgehead atoms. The number of nitrogens with one attached hydrogen (secondary N) is 2. The van der Waals surface area contributed by atoms with Gasteiger partial charge in [0.25, 0.3) is 0 Å². The minimum atomic E-state index is 0.603. The number of guanidine groups is 1. The van der Waals surface area contributed by atoms with E-state index in [1.165, 1.54) is 11.1 Å². The first-order valence-electron chi connectivity index (χ1n) is 8.37. The van der Waals surface area contributed by atoms with Gasteiger partial charge in [0.15, 0.2) is 5.96 Å². The Balaban J connectivity index is 2.00. The van der Waals surface area contributed by atoms with Crippen molar-refractivity contribution in [3.8, 4) is 5.88 Å². The maximum absolute atomic E-state index is 5.56. The number of aliphatic imine (C=N–C) groups is 1. The van der Waals surface area contributed by atoms with E-state index < -0.39 is 0 Å². The summed E-state index contributed by atoms with van der Waals surface area (Å²) in [6, 6.07) is 12.3. The van der Waals surface area contributed by atoms with Gasteiger partial charge in [0.05, 0.1) is 13.2 Å². The minimum absolute atomic E-state index is 0.603. The van der Waals surface area contributed by atoms with Crippen LogP contribution in [-0.4, -0.2) is 24.1 Å². The van der Waals surface area contributed by atoms with Crippen molar-refractivity contribution >= 4 is 5.96 Å². The summed E-state index contributed by atoms with van der Waals surface area (Å²) in [7, 11) is 0. The van der Waals surface area contributed by atoms with E-state index in [4.69, 9.17) is 4.74 Å². The van der Waals surface area contributed by atoms with Crippen LogP contribution in [0.15, 0.2) is 47.6 Å². The van der Waals surface area contributed by atoms with Crippen LogP contribution in [0.3, 0.4) is 0 Å². The standard InChI is InChI=1S/C19H26N4O/c1-4-20-19(22-13-16-10-8-15(3)9-11-16)23-14-17-7-6-12-21-18(17)24-5-2/h6-12H,4-5,13-14H2,1-3H3,(H2,20,22,23). The third-order valence-corrected chi connectivity index (χ3v) is 3.46. The Bertz CT molecular complexity index is 653. The van der Waals surface area contributed by atoms with Gasteiger partial charge in [0.1, 0.15) is 0 Å². The molecule has 5 nitrogen and oxygen atoms in total. The zero-order valence-electron chi connectivity index (χ0n) is 14.7. The summed E-state index contributed by atoms with van der Waals surface area (Å²) in [5, 5.41) is 6.60. The number of aryl methyl sites for hydroxylation is 1. The summed E-state index contributed by atoms with van der Waals surface area (Å²) in [4.78, 5) is 8.91. The minimum Gasteiger partial charge on any atom is -0.478 e. The first-order chi connectivity index (χ1) is 11.7. The Morgan fingerprint density at radius 2 is 1.92 bits per heavy atom. The number of aromatic nitrogens is 1. The smallest absolute Gasteiger partial charge is 0.218 e. The predicted octanol–water partition coefficient (Wildman–Crippen LogP) is 3.04. The van der Waals surface area contributed by atoms with E-state index >= 15 is 0 Å². The van der Waals surface area contributed by atoms with Crippen molar-refractivity contribution in [2.24, 2.45) is 4.99 Å². The first kappa shape index (κ1) is 17.8. The van der Waals surface area contributed by atoms with E-state index in [0.29, 0.717) is 25.6 Å². The molecular formula is C19H26N4O. The molecule has 0 aliphatic heterocycles. The largest absolute Gasteiger partial charge is 0.478 e. The summed E-state index contributed by atoms with van der Waals surface area (Å²) in [6.07, 6.45) is 1.74. The molecule has 1 heterocycles. The summed E-state index contributed by atoms with van der Waals surface area (Å²) in [6.45, 7) is 8.76. The number of rotatable bonds is 7. The number of hydrogen-bond donors (Lipinski definition) is 2. The van der Waals surface area contributed by atoms with Crippen LogP contribution < -0.4 is 15.4 Å². The second-order valence-electron chi connectivity index (χ2n) is 5.44. The van der Waals surface area contributed by atoms with Crippen molar-refractivity contribution in [3.05, 3.63) is 59.3 Å². The second kappa shape index (κ2) is 9.55. The average molecular weight is 326 g/mol. The van der Waals surface area contributed by atoms with Crippen molar-refractivity contribution in [2.45, 2.75) is 33.9 Å². The van der Waals surface area contributed by atoms with Gasteiger partial charge in [-0.05, 0) is 32.4 Å². The van der Waals surface area contributed by atoms with Gasteiger partial charge in [-0.2, -0.15) is 0 Å². The lowest BCUT2D eigenvalue weighted by Gasteiger charge is -2.13. The molecule has 0 saturated carbocycles. The molecule has 0 radical (unpaired) electrons. The molecule has 1 aromatic heterocycles. The number of ether oxygens (including phenoxy) is 1. The molecule has 128 valence electrons. The first-order valence-corrected chi connectivity index (χ1v) is 8.37. The number of hydrogen-bond acceptors (Lipinski definition) is 3. The van der Waals surface area contributed by atoms with Crippen molar-refractivity contribution < 1.29 is 4.74 Å². The van der Waals surface area contributed by atoms with Crippen molar-refractivity contribution in [1.82, 2.24) is 15.6 Å². The molecular weight excluding hydrogens is 300 g/mol. The van der Waals surface area contributed by atoms with Gasteiger partial charge in [0, 0.05) is 24.8 Å². The number of nitrogens with zero attached hydrogens (tertiary/aromatic N) is 2. The van der Waals surface area contributed by atoms with Crippen LogP contribution in [0.5, 0.6) is 5.88 Å². The number of pyridine rings is 1. The molecule has 0 amide bonds. The van der Waals surface area contributed by atoms with E-state index in [9.17, 15) is 0 Å².